The Morgan fingerprint density at radius 1 is 1.16 bits per heavy atom. The average Bonchev–Trinajstić information content (AvgIpc) is 3.62. The van der Waals surface area contributed by atoms with E-state index in [4.69, 9.17) is 19.8 Å². The van der Waals surface area contributed by atoms with E-state index in [0.717, 1.165) is 19.0 Å². The third-order valence-electron chi connectivity index (χ3n) is 8.96. The van der Waals surface area contributed by atoms with Crippen LogP contribution in [0.1, 0.15) is 40.9 Å². The van der Waals surface area contributed by atoms with Crippen LogP contribution in [-0.4, -0.2) is 104 Å². The second kappa shape index (κ2) is 11.6. The molecule has 3 saturated heterocycles. The molecule has 1 aromatic carbocycles. The lowest BCUT2D eigenvalue weighted by molar-refractivity contribution is -0.138. The van der Waals surface area contributed by atoms with Gasteiger partial charge in [-0.05, 0) is 48.9 Å². The summed E-state index contributed by atoms with van der Waals surface area (Å²) in [5.74, 6) is 1.11. The van der Waals surface area contributed by atoms with Crippen LogP contribution in [0.15, 0.2) is 29.3 Å². The number of anilines is 1. The number of fused-ring (bicyclic) bond motifs is 1. The first-order chi connectivity index (χ1) is 20.8. The van der Waals surface area contributed by atoms with Gasteiger partial charge in [-0.2, -0.15) is 13.2 Å². The van der Waals surface area contributed by atoms with Gasteiger partial charge >= 0.3 is 6.18 Å². The number of aromatic nitrogens is 3. The van der Waals surface area contributed by atoms with Crippen molar-refractivity contribution in [3.63, 3.8) is 0 Å². The fourth-order valence-electron chi connectivity index (χ4n) is 6.65. The zero-order valence-corrected chi connectivity index (χ0v) is 26.1. The third kappa shape index (κ3) is 6.29. The van der Waals surface area contributed by atoms with Crippen molar-refractivity contribution in [1.82, 2.24) is 24.4 Å². The maximum Gasteiger partial charge on any atom is 0.416 e. The molecule has 44 heavy (non-hydrogen) atoms. The molecule has 0 radical (unpaired) electrons. The summed E-state index contributed by atoms with van der Waals surface area (Å²) in [5, 5.41) is 4.99. The lowest BCUT2D eigenvalue weighted by Gasteiger charge is -2.28. The minimum absolute atomic E-state index is 0.173. The first-order valence-corrected chi connectivity index (χ1v) is 16.7. The minimum Gasteiger partial charge on any atom is -0.378 e. The molecule has 0 saturated carbocycles. The maximum absolute atomic E-state index is 13.9. The molecule has 238 valence electrons. The molecule has 0 bridgehead atoms. The van der Waals surface area contributed by atoms with Gasteiger partial charge in [-0.25, -0.2) is 22.9 Å². The quantitative estimate of drug-likeness (QED) is 0.287. The summed E-state index contributed by atoms with van der Waals surface area (Å²) in [4.78, 5) is 15.9. The van der Waals surface area contributed by atoms with Crippen molar-refractivity contribution in [2.75, 3.05) is 69.9 Å². The highest BCUT2D eigenvalue weighted by Gasteiger charge is 2.46. The van der Waals surface area contributed by atoms with E-state index in [-0.39, 0.29) is 28.9 Å². The Kier molecular flexibility index (Phi) is 8.12. The highest BCUT2D eigenvalue weighted by Crippen LogP contribution is 2.42. The van der Waals surface area contributed by atoms with E-state index in [1.165, 1.54) is 13.0 Å². The number of imidazole rings is 1. The third-order valence-corrected chi connectivity index (χ3v) is 10.8. The highest BCUT2D eigenvalue weighted by atomic mass is 32.2. The van der Waals surface area contributed by atoms with Gasteiger partial charge < -0.3 is 14.5 Å². The molecule has 5 heterocycles. The standard InChI is InChI=1S/C30H38F3N7O3S/c1-21-22(5-4-6-23(21)30(31,32)33)15-26-25(17-38-9-7-29(18-38)8-14-44(41,42)19-29)35-28-24(34-20-37(2)3)16-27(36-40(26)28)39-10-12-43-13-11-39/h4-6,16,20H,7-15,17-19H2,1-3H3/b34-20+. The molecule has 3 fully saturated rings. The summed E-state index contributed by atoms with van der Waals surface area (Å²) in [5.41, 5.74) is 2.32. The molecule has 14 heteroatoms. The smallest absolute Gasteiger partial charge is 0.378 e. The van der Waals surface area contributed by atoms with Crippen LogP contribution in [0, 0.1) is 12.3 Å². The first-order valence-electron chi connectivity index (χ1n) is 14.9. The predicted molar refractivity (Wildman–Crippen MR) is 162 cm³/mol. The number of sulfone groups is 1. The monoisotopic (exact) mass is 633 g/mol. The Bertz CT molecular complexity index is 1680. The number of halogens is 3. The fraction of sp³-hybridized carbons (Fsp3) is 0.567. The number of likely N-dealkylation sites (tertiary alicyclic amines) is 1. The van der Waals surface area contributed by atoms with E-state index >= 15 is 0 Å². The van der Waals surface area contributed by atoms with Crippen LogP contribution in [0.3, 0.4) is 0 Å². The second-order valence-corrected chi connectivity index (χ2v) is 14.7. The number of morpholine rings is 1. The molecule has 0 amide bonds. The number of alkyl halides is 3. The number of benzene rings is 1. The van der Waals surface area contributed by atoms with Gasteiger partial charge in [0.15, 0.2) is 21.3 Å². The van der Waals surface area contributed by atoms with Crippen molar-refractivity contribution in [2.24, 2.45) is 10.4 Å². The Labute approximate surface area is 255 Å². The molecule has 1 atom stereocenters. The summed E-state index contributed by atoms with van der Waals surface area (Å²) in [6, 6.07) is 6.17. The Morgan fingerprint density at radius 3 is 2.61 bits per heavy atom. The van der Waals surface area contributed by atoms with Gasteiger partial charge in [0.1, 0.15) is 5.69 Å². The van der Waals surface area contributed by atoms with Crippen LogP contribution in [0.25, 0.3) is 5.65 Å². The number of hydrogen-bond acceptors (Lipinski definition) is 8. The highest BCUT2D eigenvalue weighted by molar-refractivity contribution is 7.91. The molecule has 3 aliphatic heterocycles. The number of hydrogen-bond donors (Lipinski definition) is 0. The summed E-state index contributed by atoms with van der Waals surface area (Å²) in [6.07, 6.45) is -1.14. The van der Waals surface area contributed by atoms with Crippen LogP contribution >= 0.6 is 0 Å². The molecular weight excluding hydrogens is 595 g/mol. The SMILES string of the molecule is Cc1c(Cc2c(CN3CCC4(CCS(=O)(=O)C4)C3)nc3c(/N=C/N(C)C)cc(N4CCOCC4)nn23)cccc1C(F)(F)F. The van der Waals surface area contributed by atoms with Gasteiger partial charge in [0.25, 0.3) is 0 Å². The number of ether oxygens (including phenoxy) is 1. The molecule has 0 aliphatic carbocycles. The van der Waals surface area contributed by atoms with Gasteiger partial charge in [0.05, 0.1) is 48.0 Å². The molecule has 6 rings (SSSR count). The molecule has 2 aromatic heterocycles. The topological polar surface area (TPSA) is 95.6 Å². The number of rotatable bonds is 7. The van der Waals surface area contributed by atoms with Crippen molar-refractivity contribution in [2.45, 2.75) is 38.9 Å². The molecule has 1 unspecified atom stereocenters. The van der Waals surface area contributed by atoms with E-state index in [1.54, 1.807) is 16.9 Å². The molecular formula is C30H38F3N7O3S. The van der Waals surface area contributed by atoms with Crippen LogP contribution < -0.4 is 4.90 Å². The Hall–Kier alpha value is -3.23. The van der Waals surface area contributed by atoms with Gasteiger partial charge in [-0.15, -0.1) is 5.10 Å². The second-order valence-electron chi connectivity index (χ2n) is 12.5. The zero-order valence-electron chi connectivity index (χ0n) is 25.3. The van der Waals surface area contributed by atoms with Gasteiger partial charge in [-0.1, -0.05) is 12.1 Å². The van der Waals surface area contributed by atoms with Crippen molar-refractivity contribution in [3.8, 4) is 0 Å². The van der Waals surface area contributed by atoms with Crippen molar-refractivity contribution in [1.29, 1.82) is 0 Å². The summed E-state index contributed by atoms with van der Waals surface area (Å²) >= 11 is 0. The average molecular weight is 634 g/mol. The maximum atomic E-state index is 13.9. The van der Waals surface area contributed by atoms with E-state index < -0.39 is 21.6 Å². The molecule has 0 N–H and O–H groups in total. The Morgan fingerprint density at radius 2 is 1.93 bits per heavy atom. The van der Waals surface area contributed by atoms with Gasteiger partial charge in [0, 0.05) is 52.8 Å². The van der Waals surface area contributed by atoms with Crippen LogP contribution in [-0.2, 0) is 33.7 Å². The molecule has 3 aliphatic rings. The van der Waals surface area contributed by atoms with Crippen molar-refractivity contribution >= 4 is 33.3 Å². The van der Waals surface area contributed by atoms with E-state index in [9.17, 15) is 21.6 Å². The number of aliphatic imine (C=N–C) groups is 1. The van der Waals surface area contributed by atoms with E-state index in [0.29, 0.717) is 79.9 Å². The summed E-state index contributed by atoms with van der Waals surface area (Å²) < 4.78 is 73.5. The molecule has 3 aromatic rings. The van der Waals surface area contributed by atoms with Crippen molar-refractivity contribution < 1.29 is 26.3 Å². The normalized spacial score (nSPS) is 22.6. The van der Waals surface area contributed by atoms with E-state index in [2.05, 4.69) is 9.80 Å². The Balaban J connectivity index is 1.46. The zero-order chi connectivity index (χ0) is 31.3. The lowest BCUT2D eigenvalue weighted by Crippen LogP contribution is -2.37. The summed E-state index contributed by atoms with van der Waals surface area (Å²) in [7, 11) is 0.701. The van der Waals surface area contributed by atoms with Gasteiger partial charge in [-0.3, -0.25) is 4.90 Å². The largest absolute Gasteiger partial charge is 0.416 e. The lowest BCUT2D eigenvalue weighted by atomic mass is 9.87. The van der Waals surface area contributed by atoms with Gasteiger partial charge in [0.2, 0.25) is 0 Å². The first kappa shape index (κ1) is 30.8. The number of nitrogens with zero attached hydrogens (tertiary/aromatic N) is 7. The van der Waals surface area contributed by atoms with Crippen LogP contribution in [0.5, 0.6) is 0 Å². The molecule has 10 nitrogen and oxygen atoms in total. The fourth-order valence-corrected chi connectivity index (χ4v) is 8.85. The van der Waals surface area contributed by atoms with Crippen molar-refractivity contribution in [3.05, 3.63) is 52.3 Å². The van der Waals surface area contributed by atoms with Crippen LogP contribution in [0.4, 0.5) is 24.7 Å². The predicted octanol–water partition coefficient (Wildman–Crippen LogP) is 3.72. The van der Waals surface area contributed by atoms with E-state index in [1.807, 2.05) is 25.1 Å². The van der Waals surface area contributed by atoms with Crippen LogP contribution in [0.2, 0.25) is 0 Å². The minimum atomic E-state index is -4.47. The molecule has 1 spiro atoms. The summed E-state index contributed by atoms with van der Waals surface area (Å²) in [6.45, 7) is 5.73.